The number of amides is 2. The maximum absolute atomic E-state index is 13.9. The van der Waals surface area contributed by atoms with E-state index < -0.39 is 10.8 Å². The van der Waals surface area contributed by atoms with Crippen LogP contribution in [0.3, 0.4) is 0 Å². The van der Waals surface area contributed by atoms with E-state index in [1.165, 1.54) is 5.56 Å². The van der Waals surface area contributed by atoms with Crippen molar-refractivity contribution in [1.82, 2.24) is 4.90 Å². The Bertz CT molecular complexity index is 1600. The molecule has 1 atom stereocenters. The summed E-state index contributed by atoms with van der Waals surface area (Å²) in [6.45, 7) is 1.62. The maximum Gasteiger partial charge on any atom is 0.259 e. The number of carbonyl (C=O) groups is 2. The van der Waals surface area contributed by atoms with Crippen LogP contribution in [0.4, 0.5) is 5.69 Å². The fourth-order valence-electron chi connectivity index (χ4n) is 5.64. The molecule has 0 bridgehead atoms. The Morgan fingerprint density at radius 1 is 0.825 bits per heavy atom. The molecule has 1 fully saturated rings. The summed E-state index contributed by atoms with van der Waals surface area (Å²) in [6, 6.07) is 30.0. The van der Waals surface area contributed by atoms with Crippen molar-refractivity contribution in [3.8, 4) is 0 Å². The molecule has 1 saturated heterocycles. The minimum Gasteiger partial charge on any atom is -0.339 e. The zero-order valence-electron chi connectivity index (χ0n) is 22.0. The van der Waals surface area contributed by atoms with E-state index in [9.17, 15) is 13.8 Å². The first-order valence-electron chi connectivity index (χ1n) is 13.5. The van der Waals surface area contributed by atoms with E-state index in [1.54, 1.807) is 53.4 Å². The standard InChI is InChI=1S/C33H29ClN2O3S/c34-27-10-6-9-25(20-27)22-36-29-21-26(13-14-31(29)40(39)30-12-5-4-11-28(30)33(36)38)32(37)35-17-15-24(16-18-35)19-23-7-2-1-3-8-23/h1-14,20-21,24H,15-19,22H2/t40-/m1/s1. The van der Waals surface area contributed by atoms with Gasteiger partial charge >= 0.3 is 0 Å². The number of hydrogen-bond donors (Lipinski definition) is 0. The van der Waals surface area contributed by atoms with Gasteiger partial charge in [-0.05, 0) is 78.8 Å². The fourth-order valence-corrected chi connectivity index (χ4v) is 7.20. The summed E-state index contributed by atoms with van der Waals surface area (Å²) in [5.41, 5.74) is 3.55. The Labute approximate surface area is 241 Å². The van der Waals surface area contributed by atoms with Gasteiger partial charge in [-0.2, -0.15) is 0 Å². The number of nitrogens with zero attached hydrogens (tertiary/aromatic N) is 2. The summed E-state index contributed by atoms with van der Waals surface area (Å²) in [6.07, 6.45) is 2.92. The zero-order valence-corrected chi connectivity index (χ0v) is 23.5. The third-order valence-corrected chi connectivity index (χ3v) is 9.49. The summed E-state index contributed by atoms with van der Waals surface area (Å²) in [7, 11) is -1.58. The summed E-state index contributed by atoms with van der Waals surface area (Å²) < 4.78 is 13.7. The average Bonchev–Trinajstić information content (AvgIpc) is 3.07. The van der Waals surface area contributed by atoms with Crippen molar-refractivity contribution < 1.29 is 13.8 Å². The predicted octanol–water partition coefficient (Wildman–Crippen LogP) is 6.76. The lowest BCUT2D eigenvalue weighted by molar-refractivity contribution is 0.0690. The number of piperidine rings is 1. The average molecular weight is 569 g/mol. The summed E-state index contributed by atoms with van der Waals surface area (Å²) >= 11 is 6.24. The van der Waals surface area contributed by atoms with Crippen LogP contribution in [0.1, 0.15) is 44.7 Å². The van der Waals surface area contributed by atoms with Gasteiger partial charge in [0.1, 0.15) is 0 Å². The molecule has 2 heterocycles. The fraction of sp³-hybridized carbons (Fsp3) is 0.212. The second-order valence-corrected chi connectivity index (χ2v) is 12.2. The van der Waals surface area contributed by atoms with Gasteiger partial charge in [-0.3, -0.25) is 9.59 Å². The molecule has 40 heavy (non-hydrogen) atoms. The highest BCUT2D eigenvalue weighted by molar-refractivity contribution is 7.85. The van der Waals surface area contributed by atoms with Crippen LogP contribution in [0.2, 0.25) is 5.02 Å². The van der Waals surface area contributed by atoms with Gasteiger partial charge in [-0.15, -0.1) is 0 Å². The highest BCUT2D eigenvalue weighted by Gasteiger charge is 2.32. The highest BCUT2D eigenvalue weighted by atomic mass is 35.5. The Balaban J connectivity index is 1.29. The molecule has 5 nitrogen and oxygen atoms in total. The second-order valence-electron chi connectivity index (χ2n) is 10.4. The first-order chi connectivity index (χ1) is 19.5. The van der Waals surface area contributed by atoms with Gasteiger partial charge in [0.05, 0.1) is 38.4 Å². The van der Waals surface area contributed by atoms with E-state index in [2.05, 4.69) is 24.3 Å². The number of rotatable bonds is 5. The van der Waals surface area contributed by atoms with E-state index in [0.717, 1.165) is 24.8 Å². The number of benzene rings is 4. The summed E-state index contributed by atoms with van der Waals surface area (Å²) in [4.78, 5) is 32.0. The van der Waals surface area contributed by atoms with Crippen molar-refractivity contribution >= 4 is 39.9 Å². The Morgan fingerprint density at radius 2 is 1.55 bits per heavy atom. The third-order valence-electron chi connectivity index (χ3n) is 7.76. The number of anilines is 1. The number of fused-ring (bicyclic) bond motifs is 2. The number of carbonyl (C=O) groups excluding carboxylic acids is 2. The first-order valence-corrected chi connectivity index (χ1v) is 15.0. The van der Waals surface area contributed by atoms with Crippen molar-refractivity contribution in [2.45, 2.75) is 35.6 Å². The molecule has 0 radical (unpaired) electrons. The van der Waals surface area contributed by atoms with E-state index >= 15 is 0 Å². The molecule has 2 amide bonds. The van der Waals surface area contributed by atoms with Crippen LogP contribution < -0.4 is 4.90 Å². The summed E-state index contributed by atoms with van der Waals surface area (Å²) in [5.74, 6) is 0.225. The van der Waals surface area contributed by atoms with Gasteiger partial charge in [-0.1, -0.05) is 66.2 Å². The molecule has 4 aromatic carbocycles. The molecule has 0 unspecified atom stereocenters. The molecule has 4 aromatic rings. The molecule has 2 aliphatic heterocycles. The van der Waals surface area contributed by atoms with Crippen molar-refractivity contribution in [3.63, 3.8) is 0 Å². The molecule has 7 heteroatoms. The Hall–Kier alpha value is -3.74. The van der Waals surface area contributed by atoms with E-state index in [0.29, 0.717) is 50.6 Å². The van der Waals surface area contributed by atoms with Crippen molar-refractivity contribution in [2.24, 2.45) is 5.92 Å². The molecule has 0 saturated carbocycles. The molecule has 0 N–H and O–H groups in total. The van der Waals surface area contributed by atoms with Crippen molar-refractivity contribution in [2.75, 3.05) is 18.0 Å². The lowest BCUT2D eigenvalue weighted by Crippen LogP contribution is -2.39. The van der Waals surface area contributed by atoms with Gasteiger partial charge < -0.3 is 9.80 Å². The largest absolute Gasteiger partial charge is 0.339 e. The minimum atomic E-state index is -1.58. The zero-order chi connectivity index (χ0) is 27.6. The smallest absolute Gasteiger partial charge is 0.259 e. The molecular weight excluding hydrogens is 540 g/mol. The lowest BCUT2D eigenvalue weighted by atomic mass is 9.90. The molecule has 2 aliphatic rings. The van der Waals surface area contributed by atoms with Crippen LogP contribution in [0, 0.1) is 5.92 Å². The quantitative estimate of drug-likeness (QED) is 0.267. The van der Waals surface area contributed by atoms with E-state index in [1.807, 2.05) is 29.2 Å². The van der Waals surface area contributed by atoms with Gasteiger partial charge in [0.15, 0.2) is 0 Å². The maximum atomic E-state index is 13.9. The van der Waals surface area contributed by atoms with Crippen LogP contribution in [0.15, 0.2) is 107 Å². The molecule has 0 aliphatic carbocycles. The normalized spacial score (nSPS) is 17.2. The summed E-state index contributed by atoms with van der Waals surface area (Å²) in [5, 5.41) is 0.573. The number of likely N-dealkylation sites (tertiary alicyclic amines) is 1. The number of hydrogen-bond acceptors (Lipinski definition) is 3. The van der Waals surface area contributed by atoms with Gasteiger partial charge in [0.2, 0.25) is 0 Å². The highest BCUT2D eigenvalue weighted by Crippen LogP contribution is 2.36. The van der Waals surface area contributed by atoms with Crippen molar-refractivity contribution in [1.29, 1.82) is 0 Å². The molecule has 0 aromatic heterocycles. The van der Waals surface area contributed by atoms with Crippen LogP contribution in [0.25, 0.3) is 0 Å². The predicted molar refractivity (Wildman–Crippen MR) is 158 cm³/mol. The lowest BCUT2D eigenvalue weighted by Gasteiger charge is -2.32. The minimum absolute atomic E-state index is 0.0661. The third kappa shape index (κ3) is 5.34. The molecule has 6 rings (SSSR count). The molecular formula is C33H29ClN2O3S. The van der Waals surface area contributed by atoms with Gasteiger partial charge in [0, 0.05) is 23.7 Å². The molecule has 202 valence electrons. The first kappa shape index (κ1) is 26.5. The van der Waals surface area contributed by atoms with Crippen LogP contribution >= 0.6 is 11.6 Å². The monoisotopic (exact) mass is 568 g/mol. The topological polar surface area (TPSA) is 57.7 Å². The SMILES string of the molecule is O=C(c1ccc2c(c1)N(Cc1cccc(Cl)c1)C(=O)c1ccccc1[S@]2=O)N1CCC(Cc2ccccc2)CC1. The number of halogens is 1. The van der Waals surface area contributed by atoms with E-state index in [4.69, 9.17) is 11.6 Å². The van der Waals surface area contributed by atoms with Crippen LogP contribution in [-0.2, 0) is 23.8 Å². The van der Waals surface area contributed by atoms with Crippen LogP contribution in [0.5, 0.6) is 0 Å². The second kappa shape index (κ2) is 11.4. The van der Waals surface area contributed by atoms with E-state index in [-0.39, 0.29) is 18.4 Å². The molecule has 0 spiro atoms. The van der Waals surface area contributed by atoms with Crippen molar-refractivity contribution in [3.05, 3.63) is 124 Å². The van der Waals surface area contributed by atoms with Gasteiger partial charge in [-0.25, -0.2) is 4.21 Å². The van der Waals surface area contributed by atoms with Gasteiger partial charge in [0.25, 0.3) is 11.8 Å². The van der Waals surface area contributed by atoms with Crippen LogP contribution in [-0.4, -0.2) is 34.0 Å². The Morgan fingerprint density at radius 3 is 2.33 bits per heavy atom. The Kier molecular flexibility index (Phi) is 7.55.